The minimum absolute atomic E-state index is 0.130. The van der Waals surface area contributed by atoms with Crippen LogP contribution in [0, 0.1) is 10.8 Å². The molecule has 0 fully saturated rings. The number of nitrogens with zero attached hydrogens (tertiary/aromatic N) is 1. The molecule has 3 heteroatoms. The molecule has 0 saturated heterocycles. The van der Waals surface area contributed by atoms with Crippen molar-refractivity contribution in [1.29, 1.82) is 5.41 Å². The standard InChI is InChI=1S/C14H21ClN2/c1-10(11-6-8-12(15)9-7-11)17(5)13(16)14(2,3)4/h6-10,16H,1-5H3. The molecule has 0 spiro atoms. The Balaban J connectivity index is 2.87. The number of hydrogen-bond acceptors (Lipinski definition) is 1. The van der Waals surface area contributed by atoms with Gasteiger partial charge in [0.2, 0.25) is 0 Å². The van der Waals surface area contributed by atoms with E-state index in [0.717, 1.165) is 5.02 Å². The monoisotopic (exact) mass is 252 g/mol. The molecule has 0 aliphatic heterocycles. The maximum atomic E-state index is 8.17. The summed E-state index contributed by atoms with van der Waals surface area (Å²) in [7, 11) is 1.97. The molecule has 1 aromatic rings. The van der Waals surface area contributed by atoms with Crippen molar-refractivity contribution in [2.24, 2.45) is 5.41 Å². The van der Waals surface area contributed by atoms with Crippen molar-refractivity contribution < 1.29 is 0 Å². The van der Waals surface area contributed by atoms with Crippen LogP contribution >= 0.6 is 11.6 Å². The van der Waals surface area contributed by atoms with Crippen molar-refractivity contribution in [2.45, 2.75) is 33.7 Å². The highest BCUT2D eigenvalue weighted by Gasteiger charge is 2.24. The first kappa shape index (κ1) is 14.0. The van der Waals surface area contributed by atoms with E-state index in [1.807, 2.05) is 36.2 Å². The van der Waals surface area contributed by atoms with Gasteiger partial charge in [0.1, 0.15) is 5.84 Å². The van der Waals surface area contributed by atoms with Gasteiger partial charge in [0.25, 0.3) is 0 Å². The first-order chi connectivity index (χ1) is 7.73. The lowest BCUT2D eigenvalue weighted by atomic mass is 9.93. The van der Waals surface area contributed by atoms with E-state index < -0.39 is 0 Å². The lowest BCUT2D eigenvalue weighted by Gasteiger charge is -2.34. The van der Waals surface area contributed by atoms with Gasteiger partial charge < -0.3 is 4.90 Å². The summed E-state index contributed by atoms with van der Waals surface area (Å²) < 4.78 is 0. The molecule has 94 valence electrons. The summed E-state index contributed by atoms with van der Waals surface area (Å²) in [6.07, 6.45) is 0. The average molecular weight is 253 g/mol. The highest BCUT2D eigenvalue weighted by atomic mass is 35.5. The van der Waals surface area contributed by atoms with Crippen LogP contribution in [0.15, 0.2) is 24.3 Å². The fourth-order valence-electron chi connectivity index (χ4n) is 1.69. The highest BCUT2D eigenvalue weighted by molar-refractivity contribution is 6.30. The Morgan fingerprint density at radius 3 is 2.12 bits per heavy atom. The van der Waals surface area contributed by atoms with E-state index in [1.165, 1.54) is 5.56 Å². The second-order valence-corrected chi connectivity index (χ2v) is 5.87. The maximum Gasteiger partial charge on any atom is 0.101 e. The Morgan fingerprint density at radius 2 is 1.71 bits per heavy atom. The Labute approximate surface area is 109 Å². The Bertz CT molecular complexity index is 390. The average Bonchev–Trinajstić information content (AvgIpc) is 2.26. The number of amidine groups is 1. The van der Waals surface area contributed by atoms with Crippen molar-refractivity contribution in [3.8, 4) is 0 Å². The van der Waals surface area contributed by atoms with E-state index in [-0.39, 0.29) is 11.5 Å². The van der Waals surface area contributed by atoms with Gasteiger partial charge in [-0.3, -0.25) is 5.41 Å². The molecule has 0 aliphatic rings. The molecule has 0 heterocycles. The summed E-state index contributed by atoms with van der Waals surface area (Å²) in [5.41, 5.74) is 1.04. The SMILES string of the molecule is CC(c1ccc(Cl)cc1)N(C)C(=N)C(C)(C)C. The molecule has 0 saturated carbocycles. The van der Waals surface area contributed by atoms with Crippen LogP contribution in [0.2, 0.25) is 5.02 Å². The summed E-state index contributed by atoms with van der Waals surface area (Å²) >= 11 is 5.88. The minimum Gasteiger partial charge on any atom is -0.356 e. The zero-order valence-electron chi connectivity index (χ0n) is 11.2. The van der Waals surface area contributed by atoms with Crippen molar-refractivity contribution in [3.05, 3.63) is 34.9 Å². The normalized spacial score (nSPS) is 13.3. The van der Waals surface area contributed by atoms with Crippen molar-refractivity contribution >= 4 is 17.4 Å². The van der Waals surface area contributed by atoms with Gasteiger partial charge in [-0.25, -0.2) is 0 Å². The first-order valence-electron chi connectivity index (χ1n) is 5.81. The van der Waals surface area contributed by atoms with Gasteiger partial charge in [-0.2, -0.15) is 0 Å². The molecular weight excluding hydrogens is 232 g/mol. The Hall–Kier alpha value is -1.02. The molecule has 2 nitrogen and oxygen atoms in total. The molecule has 1 aromatic carbocycles. The van der Waals surface area contributed by atoms with Crippen LogP contribution in [-0.4, -0.2) is 17.8 Å². The predicted octanol–water partition coefficient (Wildman–Crippen LogP) is 4.36. The third-order valence-corrected chi connectivity index (χ3v) is 3.25. The quantitative estimate of drug-likeness (QED) is 0.615. The summed E-state index contributed by atoms with van der Waals surface area (Å²) in [5.74, 6) is 0.639. The van der Waals surface area contributed by atoms with Crippen molar-refractivity contribution in [1.82, 2.24) is 4.90 Å². The molecular formula is C14H21ClN2. The highest BCUT2D eigenvalue weighted by Crippen LogP contribution is 2.26. The fraction of sp³-hybridized carbons (Fsp3) is 0.500. The number of halogens is 1. The van der Waals surface area contributed by atoms with E-state index in [2.05, 4.69) is 27.7 Å². The van der Waals surface area contributed by atoms with Gasteiger partial charge in [-0.15, -0.1) is 0 Å². The topological polar surface area (TPSA) is 27.1 Å². The smallest absolute Gasteiger partial charge is 0.101 e. The summed E-state index contributed by atoms with van der Waals surface area (Å²) in [4.78, 5) is 2.00. The zero-order chi connectivity index (χ0) is 13.2. The van der Waals surface area contributed by atoms with E-state index in [9.17, 15) is 0 Å². The van der Waals surface area contributed by atoms with E-state index >= 15 is 0 Å². The molecule has 1 unspecified atom stereocenters. The molecule has 0 amide bonds. The van der Waals surface area contributed by atoms with Crippen LogP contribution in [0.3, 0.4) is 0 Å². The third-order valence-electron chi connectivity index (χ3n) is 3.00. The second-order valence-electron chi connectivity index (χ2n) is 5.44. The number of benzene rings is 1. The molecule has 0 bridgehead atoms. The van der Waals surface area contributed by atoms with E-state index in [0.29, 0.717) is 5.84 Å². The lowest BCUT2D eigenvalue weighted by Crippen LogP contribution is -2.37. The molecule has 0 radical (unpaired) electrons. The lowest BCUT2D eigenvalue weighted by molar-refractivity contribution is 0.353. The summed E-state index contributed by atoms with van der Waals surface area (Å²) in [6, 6.07) is 7.99. The Morgan fingerprint density at radius 1 is 1.24 bits per heavy atom. The number of hydrogen-bond donors (Lipinski definition) is 1. The predicted molar refractivity (Wildman–Crippen MR) is 74.8 cm³/mol. The molecule has 1 rings (SSSR count). The van der Waals surface area contributed by atoms with Gasteiger partial charge in [-0.05, 0) is 24.6 Å². The van der Waals surface area contributed by atoms with Crippen LogP contribution in [0.5, 0.6) is 0 Å². The molecule has 0 aromatic heterocycles. The molecule has 17 heavy (non-hydrogen) atoms. The second kappa shape index (κ2) is 5.09. The fourth-order valence-corrected chi connectivity index (χ4v) is 1.81. The van der Waals surface area contributed by atoms with Crippen molar-refractivity contribution in [2.75, 3.05) is 7.05 Å². The van der Waals surface area contributed by atoms with Gasteiger partial charge in [-0.1, -0.05) is 44.5 Å². The van der Waals surface area contributed by atoms with Crippen LogP contribution < -0.4 is 0 Å². The largest absolute Gasteiger partial charge is 0.356 e. The van der Waals surface area contributed by atoms with Crippen molar-refractivity contribution in [3.63, 3.8) is 0 Å². The molecule has 1 atom stereocenters. The van der Waals surface area contributed by atoms with Gasteiger partial charge in [0.05, 0.1) is 6.04 Å². The number of nitrogens with one attached hydrogen (secondary N) is 1. The molecule has 0 aliphatic carbocycles. The van der Waals surface area contributed by atoms with Gasteiger partial charge in [0.15, 0.2) is 0 Å². The van der Waals surface area contributed by atoms with Crippen LogP contribution in [0.4, 0.5) is 0 Å². The maximum absolute atomic E-state index is 8.17. The van der Waals surface area contributed by atoms with Gasteiger partial charge >= 0.3 is 0 Å². The number of rotatable bonds is 2. The summed E-state index contributed by atoms with van der Waals surface area (Å²) in [6.45, 7) is 8.27. The third kappa shape index (κ3) is 3.47. The first-order valence-corrected chi connectivity index (χ1v) is 6.18. The van der Waals surface area contributed by atoms with E-state index in [4.69, 9.17) is 17.0 Å². The Kier molecular flexibility index (Phi) is 4.21. The van der Waals surface area contributed by atoms with Crippen LogP contribution in [0.1, 0.15) is 39.3 Å². The van der Waals surface area contributed by atoms with Gasteiger partial charge in [0, 0.05) is 17.5 Å². The zero-order valence-corrected chi connectivity index (χ0v) is 12.0. The minimum atomic E-state index is -0.130. The summed E-state index contributed by atoms with van der Waals surface area (Å²) in [5, 5.41) is 8.91. The van der Waals surface area contributed by atoms with Crippen LogP contribution in [0.25, 0.3) is 0 Å². The van der Waals surface area contributed by atoms with Crippen LogP contribution in [-0.2, 0) is 0 Å². The molecule has 1 N–H and O–H groups in total. The van der Waals surface area contributed by atoms with E-state index in [1.54, 1.807) is 0 Å².